The van der Waals surface area contributed by atoms with Crippen LogP contribution in [0.2, 0.25) is 0 Å². The van der Waals surface area contributed by atoms with Gasteiger partial charge in [-0.2, -0.15) is 0 Å². The van der Waals surface area contributed by atoms with Crippen molar-refractivity contribution < 1.29 is 23.3 Å². The highest BCUT2D eigenvalue weighted by Crippen LogP contribution is 2.47. The van der Waals surface area contributed by atoms with Crippen LogP contribution in [-0.2, 0) is 15.7 Å². The third kappa shape index (κ3) is 5.05. The van der Waals surface area contributed by atoms with Gasteiger partial charge in [0.25, 0.3) is 0 Å². The van der Waals surface area contributed by atoms with Crippen molar-refractivity contribution in [3.63, 3.8) is 0 Å². The van der Waals surface area contributed by atoms with Gasteiger partial charge >= 0.3 is 13.6 Å². The van der Waals surface area contributed by atoms with Gasteiger partial charge in [-0.1, -0.05) is 0 Å². The van der Waals surface area contributed by atoms with Crippen molar-refractivity contribution in [2.75, 3.05) is 24.8 Å². The smallest absolute Gasteiger partial charge is 0.403 e. The third-order valence-electron chi connectivity index (χ3n) is 2.25. The minimum absolute atomic E-state index is 0.0719. The zero-order valence-electron chi connectivity index (χ0n) is 10.3. The Kier molecular flexibility index (Phi) is 6.94. The highest BCUT2D eigenvalue weighted by molar-refractivity contribution is 7.50. The van der Waals surface area contributed by atoms with Crippen LogP contribution in [0.4, 0.5) is 5.88 Å². The van der Waals surface area contributed by atoms with E-state index in [4.69, 9.17) is 32.1 Å². The van der Waals surface area contributed by atoms with Crippen molar-refractivity contribution in [1.82, 2.24) is 4.67 Å². The van der Waals surface area contributed by atoms with E-state index in [9.17, 15) is 19.6 Å². The summed E-state index contributed by atoms with van der Waals surface area (Å²) in [7, 11) is -4.08. The average molecular weight is 347 g/mol. The van der Waals surface area contributed by atoms with Gasteiger partial charge in [-0.3, -0.25) is 14.6 Å². The Balaban J connectivity index is 2.64. The maximum absolute atomic E-state index is 12.0. The van der Waals surface area contributed by atoms with Crippen molar-refractivity contribution in [3.8, 4) is 0 Å². The topological polar surface area (TPSA) is 106 Å². The fourth-order valence-electron chi connectivity index (χ4n) is 1.33. The van der Waals surface area contributed by atoms with E-state index in [1.807, 2.05) is 0 Å². The van der Waals surface area contributed by atoms with Crippen molar-refractivity contribution in [2.45, 2.75) is 6.61 Å². The van der Waals surface area contributed by atoms with E-state index in [0.29, 0.717) is 0 Å². The fourth-order valence-corrected chi connectivity index (χ4v) is 3.14. The molecule has 114 valence electrons. The van der Waals surface area contributed by atoms with E-state index in [-0.39, 0.29) is 37.2 Å². The Morgan fingerprint density at radius 3 is 2.45 bits per heavy atom. The average Bonchev–Trinajstić information content (AvgIpc) is 2.85. The van der Waals surface area contributed by atoms with E-state index < -0.39 is 18.6 Å². The summed E-state index contributed by atoms with van der Waals surface area (Å²) in [4.78, 5) is 19.5. The second kappa shape index (κ2) is 7.97. The third-order valence-corrected chi connectivity index (χ3v) is 4.16. The van der Waals surface area contributed by atoms with Gasteiger partial charge in [-0.05, 0) is 6.07 Å². The lowest BCUT2D eigenvalue weighted by Gasteiger charge is -2.24. The molecule has 1 unspecified atom stereocenters. The first-order valence-corrected chi connectivity index (χ1v) is 8.08. The number of hydrogen-bond donors (Lipinski definition) is 1. The molecule has 1 atom stereocenters. The number of hydrogen-bond acceptors (Lipinski definition) is 5. The van der Waals surface area contributed by atoms with E-state index in [1.165, 1.54) is 6.07 Å². The summed E-state index contributed by atoms with van der Waals surface area (Å²) in [6.07, 6.45) is 0. The van der Waals surface area contributed by atoms with Gasteiger partial charge < -0.3 is 9.31 Å². The molecule has 1 heterocycles. The standard InChI is InChI=1S/C9H13Cl2N2O6P/c10-3-5-12(6-4-11)20(16,17)18-7-8-1-2-9(19-8)13(14)15/h1-2H,3-7H2,(H,16,17). The molecule has 1 aromatic rings. The molecule has 1 aromatic heterocycles. The molecule has 0 aliphatic carbocycles. The minimum Gasteiger partial charge on any atom is -0.403 e. The Morgan fingerprint density at radius 2 is 2.00 bits per heavy atom. The number of alkyl halides is 2. The molecule has 20 heavy (non-hydrogen) atoms. The molecule has 1 N–H and O–H groups in total. The second-order valence-electron chi connectivity index (χ2n) is 3.59. The summed E-state index contributed by atoms with van der Waals surface area (Å²) < 4.78 is 22.8. The summed E-state index contributed by atoms with van der Waals surface area (Å²) in [5.74, 6) is -0.119. The maximum atomic E-state index is 12.0. The van der Waals surface area contributed by atoms with Crippen LogP contribution in [0.15, 0.2) is 16.5 Å². The minimum atomic E-state index is -4.08. The lowest BCUT2D eigenvalue weighted by molar-refractivity contribution is -0.402. The second-order valence-corrected chi connectivity index (χ2v) is 6.15. The Hall–Kier alpha value is -0.630. The summed E-state index contributed by atoms with van der Waals surface area (Å²) >= 11 is 11.1. The fraction of sp³-hybridized carbons (Fsp3) is 0.556. The largest absolute Gasteiger partial charge is 0.433 e. The first-order valence-electron chi connectivity index (χ1n) is 5.48. The first kappa shape index (κ1) is 17.4. The van der Waals surface area contributed by atoms with Crippen molar-refractivity contribution in [3.05, 3.63) is 28.0 Å². The highest BCUT2D eigenvalue weighted by atomic mass is 35.5. The molecule has 0 saturated carbocycles. The van der Waals surface area contributed by atoms with Crippen LogP contribution >= 0.6 is 30.9 Å². The van der Waals surface area contributed by atoms with Crippen molar-refractivity contribution >= 4 is 36.8 Å². The zero-order chi connectivity index (χ0) is 15.2. The molecule has 0 saturated heterocycles. The van der Waals surface area contributed by atoms with Crippen LogP contribution in [0.3, 0.4) is 0 Å². The van der Waals surface area contributed by atoms with Crippen LogP contribution in [0, 0.1) is 10.1 Å². The number of furan rings is 1. The summed E-state index contributed by atoms with van der Waals surface area (Å²) in [6.45, 7) is -0.122. The lowest BCUT2D eigenvalue weighted by Crippen LogP contribution is -2.25. The van der Waals surface area contributed by atoms with E-state index in [1.54, 1.807) is 0 Å². The van der Waals surface area contributed by atoms with Gasteiger partial charge in [-0.25, -0.2) is 9.24 Å². The van der Waals surface area contributed by atoms with Gasteiger partial charge in [0.05, 0.1) is 6.07 Å². The molecule has 0 aliphatic heterocycles. The summed E-state index contributed by atoms with van der Waals surface area (Å²) in [5.41, 5.74) is 0. The van der Waals surface area contributed by atoms with Gasteiger partial charge in [-0.15, -0.1) is 23.2 Å². The molecule has 1 rings (SSSR count). The normalized spacial score (nSPS) is 14.4. The molecular formula is C9H13Cl2N2O6P. The van der Waals surface area contributed by atoms with Gasteiger partial charge in [0, 0.05) is 24.8 Å². The van der Waals surface area contributed by atoms with E-state index in [0.717, 1.165) is 10.7 Å². The monoisotopic (exact) mass is 346 g/mol. The Bertz CT molecular complexity index is 491. The van der Waals surface area contributed by atoms with Crippen LogP contribution in [0.25, 0.3) is 0 Å². The predicted octanol–water partition coefficient (Wildman–Crippen LogP) is 2.58. The predicted molar refractivity (Wildman–Crippen MR) is 73.0 cm³/mol. The summed E-state index contributed by atoms with van der Waals surface area (Å²) in [5, 5.41) is 10.4. The molecule has 0 aliphatic rings. The lowest BCUT2D eigenvalue weighted by atomic mass is 10.5. The van der Waals surface area contributed by atoms with Crippen LogP contribution in [0.1, 0.15) is 5.76 Å². The van der Waals surface area contributed by atoms with Crippen LogP contribution in [-0.4, -0.2) is 39.3 Å². The zero-order valence-corrected chi connectivity index (χ0v) is 12.7. The van der Waals surface area contributed by atoms with Gasteiger partial charge in [0.2, 0.25) is 0 Å². The Morgan fingerprint density at radius 1 is 1.40 bits per heavy atom. The molecule has 0 bridgehead atoms. The van der Waals surface area contributed by atoms with E-state index >= 15 is 0 Å². The molecule has 8 nitrogen and oxygen atoms in total. The molecule has 11 heteroatoms. The SMILES string of the molecule is O=[N+]([O-])c1ccc(COP(=O)(O)N(CCCl)CCCl)o1. The first-order chi connectivity index (χ1) is 9.40. The number of nitrogens with zero attached hydrogens (tertiary/aromatic N) is 2. The Labute approximate surface area is 124 Å². The molecule has 0 aromatic carbocycles. The van der Waals surface area contributed by atoms with Gasteiger partial charge in [0.15, 0.2) is 0 Å². The van der Waals surface area contributed by atoms with Crippen LogP contribution < -0.4 is 0 Å². The summed E-state index contributed by atoms with van der Waals surface area (Å²) in [6, 6.07) is 2.43. The quantitative estimate of drug-likeness (QED) is 0.317. The highest BCUT2D eigenvalue weighted by Gasteiger charge is 2.29. The molecule has 0 fully saturated rings. The molecule has 0 amide bonds. The maximum Gasteiger partial charge on any atom is 0.433 e. The van der Waals surface area contributed by atoms with E-state index in [2.05, 4.69) is 0 Å². The number of rotatable bonds is 9. The molecule has 0 radical (unpaired) electrons. The molecule has 0 spiro atoms. The molecular weight excluding hydrogens is 334 g/mol. The number of nitro groups is 1. The van der Waals surface area contributed by atoms with Crippen molar-refractivity contribution in [1.29, 1.82) is 0 Å². The number of halogens is 2. The van der Waals surface area contributed by atoms with Gasteiger partial charge in [0.1, 0.15) is 17.3 Å². The van der Waals surface area contributed by atoms with Crippen LogP contribution in [0.5, 0.6) is 0 Å². The van der Waals surface area contributed by atoms with Crippen molar-refractivity contribution in [2.24, 2.45) is 0 Å².